The van der Waals surface area contributed by atoms with Crippen LogP contribution in [0.25, 0.3) is 0 Å². The maximum absolute atomic E-state index is 12.7. The normalized spacial score (nSPS) is 18.3. The molecule has 2 N–H and O–H groups in total. The van der Waals surface area contributed by atoms with E-state index in [-0.39, 0.29) is 22.9 Å². The average Bonchev–Trinajstić information content (AvgIpc) is 2.48. The van der Waals surface area contributed by atoms with Crippen molar-refractivity contribution in [3.63, 3.8) is 0 Å². The molecule has 0 spiro atoms. The third-order valence-electron chi connectivity index (χ3n) is 1.95. The van der Waals surface area contributed by atoms with Gasteiger partial charge in [-0.05, 0) is 0 Å². The number of hydrogen-bond donors (Lipinski definition) is 2. The number of quaternary nitrogens is 1. The Hall–Kier alpha value is -1.64. The summed E-state index contributed by atoms with van der Waals surface area (Å²) in [6.07, 6.45) is -3.77. The van der Waals surface area contributed by atoms with Crippen LogP contribution in [0.15, 0.2) is 12.1 Å². The molecule has 6 nitrogen and oxygen atoms in total. The fourth-order valence-corrected chi connectivity index (χ4v) is 1.31. The summed E-state index contributed by atoms with van der Waals surface area (Å²) < 4.78 is 38.3. The number of ether oxygens (including phenoxy) is 3. The van der Waals surface area contributed by atoms with Gasteiger partial charge >= 0.3 is 6.29 Å². The SMILES string of the molecule is COc1cc2c(cc1[NH+]([O-])O)OC(F)(F)O2. The average molecular weight is 235 g/mol. The Labute approximate surface area is 88.1 Å². The summed E-state index contributed by atoms with van der Waals surface area (Å²) in [6.45, 7) is 0. The van der Waals surface area contributed by atoms with E-state index in [1.54, 1.807) is 0 Å². The Morgan fingerprint density at radius 1 is 1.38 bits per heavy atom. The van der Waals surface area contributed by atoms with Gasteiger partial charge < -0.3 is 19.4 Å². The number of fused-ring (bicyclic) bond motifs is 1. The minimum Gasteiger partial charge on any atom is -0.595 e. The third-order valence-corrected chi connectivity index (χ3v) is 1.95. The zero-order chi connectivity index (χ0) is 11.9. The zero-order valence-electron chi connectivity index (χ0n) is 7.99. The Morgan fingerprint density at radius 2 is 1.94 bits per heavy atom. The van der Waals surface area contributed by atoms with Crippen LogP contribution in [0.5, 0.6) is 17.2 Å². The van der Waals surface area contributed by atoms with Crippen LogP contribution < -0.4 is 19.4 Å². The van der Waals surface area contributed by atoms with E-state index < -0.39 is 11.5 Å². The highest BCUT2D eigenvalue weighted by Gasteiger charge is 2.44. The lowest BCUT2D eigenvalue weighted by molar-refractivity contribution is -0.991. The van der Waals surface area contributed by atoms with Crippen molar-refractivity contribution in [3.8, 4) is 17.2 Å². The van der Waals surface area contributed by atoms with Crippen LogP contribution in [0, 0.1) is 5.21 Å². The van der Waals surface area contributed by atoms with Gasteiger partial charge in [-0.15, -0.1) is 8.78 Å². The Bertz CT molecular complexity index is 423. The quantitative estimate of drug-likeness (QED) is 0.726. The summed E-state index contributed by atoms with van der Waals surface area (Å²) in [4.78, 5) is 0. The van der Waals surface area contributed by atoms with E-state index in [2.05, 4.69) is 9.47 Å². The van der Waals surface area contributed by atoms with E-state index >= 15 is 0 Å². The first kappa shape index (κ1) is 10.9. The molecule has 0 aliphatic carbocycles. The molecule has 88 valence electrons. The molecule has 8 heteroatoms. The Morgan fingerprint density at radius 3 is 2.44 bits per heavy atom. The third kappa shape index (κ3) is 1.73. The van der Waals surface area contributed by atoms with Crippen LogP contribution in [0.1, 0.15) is 0 Å². The van der Waals surface area contributed by atoms with Gasteiger partial charge in [0.15, 0.2) is 17.2 Å². The molecule has 0 radical (unpaired) electrons. The second-order valence-electron chi connectivity index (χ2n) is 2.97. The minimum absolute atomic E-state index is 0.0763. The van der Waals surface area contributed by atoms with Crippen molar-refractivity contribution < 1.29 is 33.4 Å². The van der Waals surface area contributed by atoms with Gasteiger partial charge in [-0.25, -0.2) is 5.21 Å². The first-order valence-electron chi connectivity index (χ1n) is 4.14. The highest BCUT2D eigenvalue weighted by Crippen LogP contribution is 2.45. The molecule has 16 heavy (non-hydrogen) atoms. The molecule has 0 aromatic heterocycles. The molecule has 1 atom stereocenters. The Kier molecular flexibility index (Phi) is 2.34. The number of hydrogen-bond acceptors (Lipinski definition) is 5. The van der Waals surface area contributed by atoms with Crippen molar-refractivity contribution in [2.24, 2.45) is 0 Å². The van der Waals surface area contributed by atoms with Crippen LogP contribution in [0.4, 0.5) is 14.5 Å². The fraction of sp³-hybridized carbons (Fsp3) is 0.250. The molecule has 1 aliphatic rings. The Balaban J connectivity index is 2.47. The molecule has 1 heterocycles. The van der Waals surface area contributed by atoms with Gasteiger partial charge in [-0.3, -0.25) is 0 Å². The van der Waals surface area contributed by atoms with Gasteiger partial charge in [0.25, 0.3) is 0 Å². The maximum Gasteiger partial charge on any atom is 0.586 e. The predicted molar refractivity (Wildman–Crippen MR) is 45.0 cm³/mol. The van der Waals surface area contributed by atoms with Crippen LogP contribution in [0.3, 0.4) is 0 Å². The minimum atomic E-state index is -3.77. The smallest absolute Gasteiger partial charge is 0.586 e. The number of alkyl halides is 2. The van der Waals surface area contributed by atoms with Crippen molar-refractivity contribution in [1.29, 1.82) is 0 Å². The molecule has 0 fully saturated rings. The lowest BCUT2D eigenvalue weighted by Gasteiger charge is -2.14. The van der Waals surface area contributed by atoms with E-state index in [4.69, 9.17) is 9.94 Å². The predicted octanol–water partition coefficient (Wildman–Crippen LogP) is 0.420. The molecule has 0 saturated carbocycles. The van der Waals surface area contributed by atoms with Gasteiger partial charge in [0.2, 0.25) is 5.69 Å². The summed E-state index contributed by atoms with van der Waals surface area (Å²) >= 11 is 0. The van der Waals surface area contributed by atoms with Crippen LogP contribution >= 0.6 is 0 Å². The van der Waals surface area contributed by atoms with E-state index in [0.717, 1.165) is 12.1 Å². The first-order valence-corrected chi connectivity index (χ1v) is 4.14. The van der Waals surface area contributed by atoms with Crippen LogP contribution in [-0.2, 0) is 0 Å². The summed E-state index contributed by atoms with van der Waals surface area (Å²) in [6, 6.07) is 1.97. The molecule has 2 rings (SSSR count). The van der Waals surface area contributed by atoms with Crippen molar-refractivity contribution in [2.75, 3.05) is 7.11 Å². The van der Waals surface area contributed by atoms with E-state index in [1.807, 2.05) is 0 Å². The van der Waals surface area contributed by atoms with Gasteiger partial charge in [-0.2, -0.15) is 5.23 Å². The second-order valence-corrected chi connectivity index (χ2v) is 2.97. The van der Waals surface area contributed by atoms with Crippen LogP contribution in [0.2, 0.25) is 0 Å². The molecule has 1 aliphatic heterocycles. The van der Waals surface area contributed by atoms with Gasteiger partial charge in [-0.1, -0.05) is 0 Å². The van der Waals surface area contributed by atoms with Crippen molar-refractivity contribution >= 4 is 5.69 Å². The van der Waals surface area contributed by atoms with Crippen molar-refractivity contribution in [1.82, 2.24) is 0 Å². The molecule has 1 unspecified atom stereocenters. The summed E-state index contributed by atoms with van der Waals surface area (Å²) in [5.41, 5.74) is -0.275. The van der Waals surface area contributed by atoms with Crippen molar-refractivity contribution in [2.45, 2.75) is 6.29 Å². The topological polar surface area (TPSA) is 75.4 Å². The number of halogens is 2. The van der Waals surface area contributed by atoms with Crippen LogP contribution in [-0.4, -0.2) is 18.6 Å². The molecule has 1 aromatic carbocycles. The highest BCUT2D eigenvalue weighted by atomic mass is 19.3. The fourth-order valence-electron chi connectivity index (χ4n) is 1.31. The summed E-state index contributed by atoms with van der Waals surface area (Å²) in [5, 5.41) is 18.3. The van der Waals surface area contributed by atoms with E-state index in [1.165, 1.54) is 7.11 Å². The molecule has 0 amide bonds. The van der Waals surface area contributed by atoms with E-state index in [9.17, 15) is 14.0 Å². The largest absolute Gasteiger partial charge is 0.595 e. The monoisotopic (exact) mass is 235 g/mol. The van der Waals surface area contributed by atoms with E-state index in [0.29, 0.717) is 0 Å². The lowest BCUT2D eigenvalue weighted by atomic mass is 10.2. The number of benzene rings is 1. The summed E-state index contributed by atoms with van der Waals surface area (Å²) in [5.74, 6) is -0.664. The molecular formula is C8H7F2NO5. The molecule has 0 bridgehead atoms. The second kappa shape index (κ2) is 3.44. The molecular weight excluding hydrogens is 228 g/mol. The molecule has 0 saturated heterocycles. The lowest BCUT2D eigenvalue weighted by Crippen LogP contribution is -2.99. The first-order chi connectivity index (χ1) is 7.43. The summed E-state index contributed by atoms with van der Waals surface area (Å²) in [7, 11) is 1.22. The zero-order valence-corrected chi connectivity index (χ0v) is 7.99. The number of methoxy groups -OCH3 is 1. The number of rotatable bonds is 2. The molecule has 1 aromatic rings. The van der Waals surface area contributed by atoms with Gasteiger partial charge in [0.05, 0.1) is 13.2 Å². The van der Waals surface area contributed by atoms with Gasteiger partial charge in [0.1, 0.15) is 0 Å². The maximum atomic E-state index is 12.7. The van der Waals surface area contributed by atoms with Crippen molar-refractivity contribution in [3.05, 3.63) is 17.3 Å². The van der Waals surface area contributed by atoms with Gasteiger partial charge in [0, 0.05) is 6.07 Å². The standard InChI is InChI=1S/C8H7F2NO5/c1-14-5-3-7-6(2-4(5)11(12)13)15-8(9,10)16-7/h2-3,11-12H,1H3. The number of nitrogens with one attached hydrogen (secondary N) is 1. The highest BCUT2D eigenvalue weighted by molar-refractivity contribution is 5.58.